The van der Waals surface area contributed by atoms with Crippen LogP contribution >= 0.6 is 23.2 Å². The van der Waals surface area contributed by atoms with Crippen LogP contribution in [-0.4, -0.2) is 69.6 Å². The van der Waals surface area contributed by atoms with Crippen molar-refractivity contribution in [1.29, 1.82) is 0 Å². The summed E-state index contributed by atoms with van der Waals surface area (Å²) in [5, 5.41) is 13.5. The molecule has 0 spiro atoms. The number of carboxylic acid groups (broad SMARTS) is 1. The predicted octanol–water partition coefficient (Wildman–Crippen LogP) is 6.76. The fourth-order valence-electron chi connectivity index (χ4n) is 7.51. The third-order valence-corrected chi connectivity index (χ3v) is 10.7. The smallest absolute Gasteiger partial charge is 0.320 e. The first-order valence-electron chi connectivity index (χ1n) is 16.6. The number of likely N-dealkylation sites (N-methyl/N-ethyl adjacent to an activating group) is 1. The fourth-order valence-corrected chi connectivity index (χ4v) is 8.02. The molecular formula is C37H39Cl2N5O5. The second kappa shape index (κ2) is 13.7. The number of aromatic nitrogens is 2. The number of carbonyl (C=O) groups excluding carboxylic acids is 1. The number of hydrogen-bond donors (Lipinski definition) is 2. The number of rotatable bonds is 9. The van der Waals surface area contributed by atoms with E-state index in [0.29, 0.717) is 52.6 Å². The summed E-state index contributed by atoms with van der Waals surface area (Å²) in [5.74, 6) is 0.366. The van der Waals surface area contributed by atoms with E-state index < -0.39 is 12.0 Å². The molecule has 2 aliphatic heterocycles. The van der Waals surface area contributed by atoms with Crippen LogP contribution in [-0.2, 0) is 37.8 Å². The minimum atomic E-state index is -0.810. The van der Waals surface area contributed by atoms with E-state index >= 15 is 0 Å². The lowest BCUT2D eigenvalue weighted by atomic mass is 9.96. The summed E-state index contributed by atoms with van der Waals surface area (Å²) in [6.45, 7) is 2.78. The van der Waals surface area contributed by atoms with Crippen molar-refractivity contribution >= 4 is 40.8 Å². The van der Waals surface area contributed by atoms with E-state index in [1.807, 2.05) is 46.8 Å². The van der Waals surface area contributed by atoms with Crippen molar-refractivity contribution in [3.8, 4) is 22.6 Å². The fraction of sp³-hybridized carbons (Fsp3) is 0.378. The first-order chi connectivity index (χ1) is 23.6. The quantitative estimate of drug-likeness (QED) is 0.197. The van der Waals surface area contributed by atoms with Crippen LogP contribution in [0.1, 0.15) is 64.1 Å². The Bertz CT molecular complexity index is 1940. The van der Waals surface area contributed by atoms with Crippen molar-refractivity contribution in [3.05, 3.63) is 92.5 Å². The second-order valence-electron chi connectivity index (χ2n) is 13.1. The Morgan fingerprint density at radius 2 is 1.82 bits per heavy atom. The van der Waals surface area contributed by atoms with Crippen molar-refractivity contribution in [2.45, 2.75) is 57.3 Å². The molecule has 0 saturated carbocycles. The van der Waals surface area contributed by atoms with Gasteiger partial charge in [-0.1, -0.05) is 53.5 Å². The summed E-state index contributed by atoms with van der Waals surface area (Å²) in [4.78, 5) is 34.0. The Labute approximate surface area is 295 Å². The summed E-state index contributed by atoms with van der Waals surface area (Å²) < 4.78 is 14.1. The standard InChI is InChI=1S/C37H39Cl2N5O5/c1-42-16-14-29-28(20-42)40-35(43(29)2)36(45)41-27-10-5-9-25(34(27)39)22-7-4-8-24-23(22)12-13-31(24)49-33-18-32(48-3)21(17-26(33)38)19-44-15-6-11-30(44)37(46)47/h4-5,7-10,17-18,30-31H,6,11-16,19-20H2,1-3H3,(H,41,45)(H,46,47)/t30-,31?/m0/s1. The molecule has 3 aromatic carbocycles. The van der Waals surface area contributed by atoms with Gasteiger partial charge in [0.2, 0.25) is 0 Å². The van der Waals surface area contributed by atoms with Crippen molar-refractivity contribution in [3.63, 3.8) is 0 Å². The number of imidazole rings is 1. The number of nitrogens with zero attached hydrogens (tertiary/aromatic N) is 4. The zero-order valence-electron chi connectivity index (χ0n) is 27.8. The number of aliphatic carboxylic acids is 1. The minimum absolute atomic E-state index is 0.242. The monoisotopic (exact) mass is 703 g/mol. The van der Waals surface area contributed by atoms with Crippen LogP contribution in [0.4, 0.5) is 5.69 Å². The van der Waals surface area contributed by atoms with Crippen LogP contribution in [0, 0.1) is 0 Å². The van der Waals surface area contributed by atoms with Crippen molar-refractivity contribution in [2.24, 2.45) is 7.05 Å². The number of anilines is 1. The SMILES string of the molecule is COc1cc(OC2CCc3c(-c4cccc(NC(=O)c5nc6c(n5C)CCN(C)C6)c4Cl)cccc32)c(Cl)cc1CN1CCC[C@H]1C(=O)O. The summed E-state index contributed by atoms with van der Waals surface area (Å²) >= 11 is 13.8. The zero-order valence-corrected chi connectivity index (χ0v) is 29.3. The molecule has 3 heterocycles. The molecule has 10 nitrogen and oxygen atoms in total. The van der Waals surface area contributed by atoms with Crippen LogP contribution in [0.5, 0.6) is 11.5 Å². The first-order valence-corrected chi connectivity index (χ1v) is 17.3. The lowest BCUT2D eigenvalue weighted by Gasteiger charge is -2.23. The lowest BCUT2D eigenvalue weighted by Crippen LogP contribution is -2.35. The number of likely N-dealkylation sites (tertiary alicyclic amines) is 1. The van der Waals surface area contributed by atoms with E-state index in [-0.39, 0.29) is 12.0 Å². The van der Waals surface area contributed by atoms with E-state index in [0.717, 1.165) is 78.0 Å². The highest BCUT2D eigenvalue weighted by Gasteiger charge is 2.32. The Morgan fingerprint density at radius 1 is 1.02 bits per heavy atom. The van der Waals surface area contributed by atoms with E-state index in [4.69, 9.17) is 32.7 Å². The van der Waals surface area contributed by atoms with Gasteiger partial charge in [0.25, 0.3) is 5.91 Å². The molecule has 1 aromatic heterocycles. The Kier molecular flexibility index (Phi) is 9.32. The van der Waals surface area contributed by atoms with Crippen LogP contribution in [0.3, 0.4) is 0 Å². The molecular weight excluding hydrogens is 665 g/mol. The van der Waals surface area contributed by atoms with Gasteiger partial charge in [-0.2, -0.15) is 0 Å². The maximum absolute atomic E-state index is 13.4. The van der Waals surface area contributed by atoms with Gasteiger partial charge in [0.15, 0.2) is 5.82 Å². The van der Waals surface area contributed by atoms with E-state index in [1.54, 1.807) is 19.2 Å². The third-order valence-electron chi connectivity index (χ3n) is 10.0. The van der Waals surface area contributed by atoms with Crippen LogP contribution in [0.15, 0.2) is 48.5 Å². The number of benzene rings is 3. The first kappa shape index (κ1) is 33.4. The van der Waals surface area contributed by atoms with Crippen LogP contribution in [0.2, 0.25) is 10.0 Å². The second-order valence-corrected chi connectivity index (χ2v) is 13.9. The number of hydrogen-bond acceptors (Lipinski definition) is 7. The maximum Gasteiger partial charge on any atom is 0.320 e. The average molecular weight is 705 g/mol. The molecule has 2 atom stereocenters. The van der Waals surface area contributed by atoms with E-state index in [1.165, 1.54) is 0 Å². The lowest BCUT2D eigenvalue weighted by molar-refractivity contribution is -0.142. The van der Waals surface area contributed by atoms with Gasteiger partial charge in [-0.05, 0) is 68.1 Å². The number of methoxy groups -OCH3 is 1. The summed E-state index contributed by atoms with van der Waals surface area (Å²) in [7, 11) is 5.53. The predicted molar refractivity (Wildman–Crippen MR) is 189 cm³/mol. The number of fused-ring (bicyclic) bond motifs is 2. The molecule has 0 bridgehead atoms. The van der Waals surface area contributed by atoms with Gasteiger partial charge < -0.3 is 29.4 Å². The number of halogens is 2. The Hall–Kier alpha value is -4.09. The molecule has 1 unspecified atom stereocenters. The molecule has 1 saturated heterocycles. The van der Waals surface area contributed by atoms with Gasteiger partial charge in [-0.15, -0.1) is 0 Å². The van der Waals surface area contributed by atoms with Crippen molar-refractivity contribution in [2.75, 3.05) is 32.6 Å². The number of nitrogens with one attached hydrogen (secondary N) is 1. The molecule has 49 heavy (non-hydrogen) atoms. The highest BCUT2D eigenvalue weighted by atomic mass is 35.5. The molecule has 12 heteroatoms. The number of amides is 1. The highest BCUT2D eigenvalue weighted by molar-refractivity contribution is 6.36. The van der Waals surface area contributed by atoms with Gasteiger partial charge in [-0.3, -0.25) is 14.5 Å². The Balaban J connectivity index is 1.11. The summed E-state index contributed by atoms with van der Waals surface area (Å²) in [5.41, 5.74) is 7.35. The normalized spacial score (nSPS) is 19.0. The molecule has 2 N–H and O–H groups in total. The number of carbonyl (C=O) groups is 2. The molecule has 1 amide bonds. The topological polar surface area (TPSA) is 109 Å². The van der Waals surface area contributed by atoms with Gasteiger partial charge in [0.05, 0.1) is 28.5 Å². The largest absolute Gasteiger partial charge is 0.496 e. The zero-order chi connectivity index (χ0) is 34.4. The van der Waals surface area contributed by atoms with Gasteiger partial charge in [-0.25, -0.2) is 4.98 Å². The van der Waals surface area contributed by atoms with Gasteiger partial charge in [0, 0.05) is 56.0 Å². The van der Waals surface area contributed by atoms with Crippen LogP contribution < -0.4 is 14.8 Å². The van der Waals surface area contributed by atoms with Crippen LogP contribution in [0.25, 0.3) is 11.1 Å². The van der Waals surface area contributed by atoms with Gasteiger partial charge in [0.1, 0.15) is 23.6 Å². The number of ether oxygens (including phenoxy) is 2. The number of carboxylic acids is 1. The summed E-state index contributed by atoms with van der Waals surface area (Å²) in [6.07, 6.45) is 3.59. The van der Waals surface area contributed by atoms with E-state index in [2.05, 4.69) is 28.3 Å². The van der Waals surface area contributed by atoms with Crippen molar-refractivity contribution in [1.82, 2.24) is 19.4 Å². The van der Waals surface area contributed by atoms with Gasteiger partial charge >= 0.3 is 5.97 Å². The maximum atomic E-state index is 13.4. The highest BCUT2D eigenvalue weighted by Crippen LogP contribution is 2.45. The average Bonchev–Trinajstić information content (AvgIpc) is 3.80. The van der Waals surface area contributed by atoms with E-state index in [9.17, 15) is 14.7 Å². The molecule has 1 fully saturated rings. The minimum Gasteiger partial charge on any atom is -0.496 e. The Morgan fingerprint density at radius 3 is 2.61 bits per heavy atom. The van der Waals surface area contributed by atoms with Crippen molar-refractivity contribution < 1.29 is 24.2 Å². The third kappa shape index (κ3) is 6.38. The molecule has 0 radical (unpaired) electrons. The molecule has 256 valence electrons. The molecule has 1 aliphatic carbocycles. The summed E-state index contributed by atoms with van der Waals surface area (Å²) in [6, 6.07) is 14.9. The molecule has 3 aliphatic rings. The molecule has 7 rings (SSSR count). The molecule has 4 aromatic rings.